The van der Waals surface area contributed by atoms with Gasteiger partial charge in [-0.1, -0.05) is 12.1 Å². The second-order valence-corrected chi connectivity index (χ2v) is 6.61. The van der Waals surface area contributed by atoms with Crippen molar-refractivity contribution in [1.82, 2.24) is 15.1 Å². The Labute approximate surface area is 152 Å². The molecule has 0 saturated heterocycles. The quantitative estimate of drug-likeness (QED) is 0.709. The van der Waals surface area contributed by atoms with Gasteiger partial charge in [0, 0.05) is 31.3 Å². The van der Waals surface area contributed by atoms with Crippen molar-refractivity contribution in [3.05, 3.63) is 77.7 Å². The molecule has 26 heavy (non-hydrogen) atoms. The number of ether oxygens (including phenoxy) is 1. The third-order valence-electron chi connectivity index (χ3n) is 4.66. The molecule has 5 heteroatoms. The van der Waals surface area contributed by atoms with Crippen molar-refractivity contribution in [3.63, 3.8) is 0 Å². The number of aromatic nitrogens is 2. The third kappa shape index (κ3) is 3.58. The lowest BCUT2D eigenvalue weighted by Gasteiger charge is -2.20. The first-order valence-corrected chi connectivity index (χ1v) is 8.71. The fourth-order valence-corrected chi connectivity index (χ4v) is 3.33. The molecule has 4 nitrogen and oxygen atoms in total. The fourth-order valence-electron chi connectivity index (χ4n) is 3.33. The van der Waals surface area contributed by atoms with E-state index in [1.807, 2.05) is 12.1 Å². The predicted molar refractivity (Wildman–Crippen MR) is 98.2 cm³/mol. The topological polar surface area (TPSA) is 38.2 Å². The van der Waals surface area contributed by atoms with E-state index in [0.717, 1.165) is 30.8 Å². The van der Waals surface area contributed by atoms with Crippen LogP contribution in [0.15, 0.2) is 60.8 Å². The van der Waals surface area contributed by atoms with E-state index in [4.69, 9.17) is 4.74 Å². The van der Waals surface area contributed by atoms with E-state index in [-0.39, 0.29) is 11.9 Å². The molecule has 4 rings (SSSR count). The van der Waals surface area contributed by atoms with Crippen molar-refractivity contribution in [2.75, 3.05) is 13.6 Å². The van der Waals surface area contributed by atoms with Gasteiger partial charge in [0.1, 0.15) is 17.7 Å². The molecule has 0 fully saturated rings. The van der Waals surface area contributed by atoms with E-state index in [9.17, 15) is 4.39 Å². The molecular formula is C21H20FN3O. The molecule has 0 amide bonds. The van der Waals surface area contributed by atoms with E-state index in [0.29, 0.717) is 5.75 Å². The normalized spacial score (nSPS) is 17.4. The average Bonchev–Trinajstić information content (AvgIpc) is 2.82. The minimum atomic E-state index is -0.257. The molecule has 0 radical (unpaired) electrons. The zero-order valence-corrected chi connectivity index (χ0v) is 14.6. The van der Waals surface area contributed by atoms with Crippen LogP contribution in [0, 0.1) is 5.82 Å². The molecule has 1 atom stereocenters. The first-order chi connectivity index (χ1) is 12.7. The molecule has 132 valence electrons. The maximum atomic E-state index is 13.2. The van der Waals surface area contributed by atoms with E-state index in [1.54, 1.807) is 18.3 Å². The van der Waals surface area contributed by atoms with Crippen LogP contribution in [-0.4, -0.2) is 28.7 Å². The van der Waals surface area contributed by atoms with Crippen LogP contribution in [0.1, 0.15) is 23.7 Å². The summed E-state index contributed by atoms with van der Waals surface area (Å²) in [6.07, 6.45) is 2.50. The van der Waals surface area contributed by atoms with E-state index in [1.165, 1.54) is 23.3 Å². The van der Waals surface area contributed by atoms with Crippen LogP contribution in [0.4, 0.5) is 4.39 Å². The van der Waals surface area contributed by atoms with Gasteiger partial charge in [-0.2, -0.15) is 10.2 Å². The van der Waals surface area contributed by atoms with Crippen molar-refractivity contribution in [2.24, 2.45) is 0 Å². The monoisotopic (exact) mass is 349 g/mol. The highest BCUT2D eigenvalue weighted by atomic mass is 19.1. The zero-order valence-electron chi connectivity index (χ0n) is 14.6. The Balaban J connectivity index is 1.67. The molecule has 0 aliphatic carbocycles. The van der Waals surface area contributed by atoms with Gasteiger partial charge in [0.25, 0.3) is 0 Å². The fraction of sp³-hybridized carbons (Fsp3) is 0.238. The maximum absolute atomic E-state index is 13.2. The molecule has 0 spiro atoms. The molecule has 1 aliphatic heterocycles. The lowest BCUT2D eigenvalue weighted by molar-refractivity contribution is 0.182. The minimum absolute atomic E-state index is 0.0590. The SMILES string of the molecule is CN1CCC(Oc2ccc(F)cc2)c2ccc(-c3cccnn3)cc2C1. The molecule has 3 aromatic rings. The molecule has 1 aliphatic rings. The molecule has 0 N–H and O–H groups in total. The van der Waals surface area contributed by atoms with Gasteiger partial charge in [-0.3, -0.25) is 0 Å². The first kappa shape index (κ1) is 16.7. The van der Waals surface area contributed by atoms with Crippen LogP contribution >= 0.6 is 0 Å². The molecule has 0 bridgehead atoms. The summed E-state index contributed by atoms with van der Waals surface area (Å²) in [7, 11) is 2.11. The first-order valence-electron chi connectivity index (χ1n) is 8.71. The Morgan fingerprint density at radius 1 is 1.12 bits per heavy atom. The summed E-state index contributed by atoms with van der Waals surface area (Å²) in [5, 5.41) is 8.17. The number of hydrogen-bond acceptors (Lipinski definition) is 4. The van der Waals surface area contributed by atoms with Crippen LogP contribution in [0.25, 0.3) is 11.3 Å². The van der Waals surface area contributed by atoms with Crippen LogP contribution in [0.3, 0.4) is 0 Å². The van der Waals surface area contributed by atoms with Gasteiger partial charge in [-0.15, -0.1) is 0 Å². The van der Waals surface area contributed by atoms with Crippen LogP contribution < -0.4 is 4.74 Å². The number of rotatable bonds is 3. The van der Waals surface area contributed by atoms with Gasteiger partial charge in [0.2, 0.25) is 0 Å². The molecule has 1 aromatic heterocycles. The highest BCUT2D eigenvalue weighted by molar-refractivity contribution is 5.60. The Hall–Kier alpha value is -2.79. The highest BCUT2D eigenvalue weighted by Crippen LogP contribution is 2.33. The minimum Gasteiger partial charge on any atom is -0.486 e. The van der Waals surface area contributed by atoms with Gasteiger partial charge < -0.3 is 9.64 Å². The summed E-state index contributed by atoms with van der Waals surface area (Å²) in [5.41, 5.74) is 4.30. The lowest BCUT2D eigenvalue weighted by atomic mass is 9.97. The van der Waals surface area contributed by atoms with Crippen molar-refractivity contribution in [2.45, 2.75) is 19.1 Å². The Morgan fingerprint density at radius 3 is 2.73 bits per heavy atom. The highest BCUT2D eigenvalue weighted by Gasteiger charge is 2.23. The molecule has 2 heterocycles. The summed E-state index contributed by atoms with van der Waals surface area (Å²) in [4.78, 5) is 2.29. The van der Waals surface area contributed by atoms with E-state index >= 15 is 0 Å². The third-order valence-corrected chi connectivity index (χ3v) is 4.66. The largest absolute Gasteiger partial charge is 0.486 e. The lowest BCUT2D eigenvalue weighted by Crippen LogP contribution is -2.18. The Morgan fingerprint density at radius 2 is 1.96 bits per heavy atom. The van der Waals surface area contributed by atoms with Crippen molar-refractivity contribution in [3.8, 4) is 17.0 Å². The number of fused-ring (bicyclic) bond motifs is 1. The summed E-state index contributed by atoms with van der Waals surface area (Å²) in [6, 6.07) is 16.4. The maximum Gasteiger partial charge on any atom is 0.125 e. The summed E-state index contributed by atoms with van der Waals surface area (Å²) in [5.74, 6) is 0.428. The van der Waals surface area contributed by atoms with Crippen molar-refractivity contribution < 1.29 is 9.13 Å². The number of hydrogen-bond donors (Lipinski definition) is 0. The van der Waals surface area contributed by atoms with E-state index in [2.05, 4.69) is 40.3 Å². The number of benzene rings is 2. The summed E-state index contributed by atoms with van der Waals surface area (Å²) in [6.45, 7) is 1.79. The van der Waals surface area contributed by atoms with E-state index < -0.39 is 0 Å². The molecular weight excluding hydrogens is 329 g/mol. The average molecular weight is 349 g/mol. The summed E-state index contributed by atoms with van der Waals surface area (Å²) >= 11 is 0. The molecule has 2 aromatic carbocycles. The summed E-state index contributed by atoms with van der Waals surface area (Å²) < 4.78 is 19.3. The van der Waals surface area contributed by atoms with Gasteiger partial charge in [0.05, 0.1) is 5.69 Å². The Bertz CT molecular complexity index is 884. The molecule has 1 unspecified atom stereocenters. The van der Waals surface area contributed by atoms with Crippen LogP contribution in [0.5, 0.6) is 5.75 Å². The second-order valence-electron chi connectivity index (χ2n) is 6.61. The van der Waals surface area contributed by atoms with Crippen LogP contribution in [0.2, 0.25) is 0 Å². The van der Waals surface area contributed by atoms with Crippen molar-refractivity contribution >= 4 is 0 Å². The predicted octanol–water partition coefficient (Wildman–Crippen LogP) is 4.24. The number of nitrogens with zero attached hydrogens (tertiary/aromatic N) is 3. The zero-order chi connectivity index (χ0) is 17.9. The van der Waals surface area contributed by atoms with Gasteiger partial charge in [0.15, 0.2) is 0 Å². The molecule has 0 saturated carbocycles. The standard InChI is InChI=1S/C21H20FN3O/c1-25-12-10-21(26-18-7-5-17(22)6-8-18)19-9-4-15(13-16(19)14-25)20-3-2-11-23-24-20/h2-9,11,13,21H,10,12,14H2,1H3. The van der Waals surface area contributed by atoms with Crippen molar-refractivity contribution in [1.29, 1.82) is 0 Å². The van der Waals surface area contributed by atoms with Gasteiger partial charge in [-0.25, -0.2) is 4.39 Å². The van der Waals surface area contributed by atoms with Gasteiger partial charge >= 0.3 is 0 Å². The van der Waals surface area contributed by atoms with Crippen LogP contribution in [-0.2, 0) is 6.54 Å². The smallest absolute Gasteiger partial charge is 0.125 e. The number of halogens is 1. The second kappa shape index (κ2) is 7.22. The van der Waals surface area contributed by atoms with Gasteiger partial charge in [-0.05, 0) is 60.6 Å². The Kier molecular flexibility index (Phi) is 4.63.